The summed E-state index contributed by atoms with van der Waals surface area (Å²) in [6.45, 7) is 4.16. The Morgan fingerprint density at radius 3 is 2.61 bits per heavy atom. The number of halogens is 1. The lowest BCUT2D eigenvalue weighted by molar-refractivity contribution is -0.129. The topological polar surface area (TPSA) is 92.2 Å². The van der Waals surface area contributed by atoms with E-state index in [-0.39, 0.29) is 42.5 Å². The highest BCUT2D eigenvalue weighted by molar-refractivity contribution is 5.95. The third-order valence-corrected chi connectivity index (χ3v) is 4.89. The van der Waals surface area contributed by atoms with Crippen molar-refractivity contribution in [1.29, 1.82) is 0 Å². The van der Waals surface area contributed by atoms with Crippen LogP contribution in [0.25, 0.3) is 0 Å². The van der Waals surface area contributed by atoms with Crippen LogP contribution in [0.15, 0.2) is 30.3 Å². The maximum absolute atomic E-state index is 12.4. The minimum atomic E-state index is -0.367. The zero-order chi connectivity index (χ0) is 19.2. The van der Waals surface area contributed by atoms with Gasteiger partial charge in [0.1, 0.15) is 0 Å². The maximum atomic E-state index is 12.4. The van der Waals surface area contributed by atoms with Crippen LogP contribution in [0.4, 0.5) is 0 Å². The molecular formula is C19H27ClN6O2. The van der Waals surface area contributed by atoms with E-state index >= 15 is 0 Å². The van der Waals surface area contributed by atoms with Crippen LogP contribution in [0.2, 0.25) is 0 Å². The van der Waals surface area contributed by atoms with Gasteiger partial charge in [-0.25, -0.2) is 4.68 Å². The Labute approximate surface area is 171 Å². The van der Waals surface area contributed by atoms with Gasteiger partial charge in [-0.2, -0.15) is 0 Å². The van der Waals surface area contributed by atoms with Crippen molar-refractivity contribution in [3.05, 3.63) is 47.3 Å². The van der Waals surface area contributed by atoms with Crippen LogP contribution < -0.4 is 10.6 Å². The predicted molar refractivity (Wildman–Crippen MR) is 108 cm³/mol. The van der Waals surface area contributed by atoms with Gasteiger partial charge in [-0.05, 0) is 38.4 Å². The van der Waals surface area contributed by atoms with Gasteiger partial charge in [0.2, 0.25) is 5.91 Å². The number of nitrogens with zero attached hydrogens (tertiary/aromatic N) is 4. The molecule has 0 saturated carbocycles. The van der Waals surface area contributed by atoms with Crippen molar-refractivity contribution in [2.75, 3.05) is 26.7 Å². The van der Waals surface area contributed by atoms with E-state index in [0.29, 0.717) is 6.54 Å². The molecule has 3 rings (SSSR count). The summed E-state index contributed by atoms with van der Waals surface area (Å²) in [5.41, 5.74) is 2.07. The van der Waals surface area contributed by atoms with E-state index < -0.39 is 0 Å². The summed E-state index contributed by atoms with van der Waals surface area (Å²) in [4.78, 5) is 26.3. The van der Waals surface area contributed by atoms with Crippen LogP contribution in [-0.2, 0) is 11.3 Å². The molecule has 0 bridgehead atoms. The number of nitrogens with one attached hydrogen (secondary N) is 2. The summed E-state index contributed by atoms with van der Waals surface area (Å²) in [5, 5.41) is 14.2. The van der Waals surface area contributed by atoms with Crippen molar-refractivity contribution in [1.82, 2.24) is 30.5 Å². The molecule has 152 valence electrons. The standard InChI is InChI=1S/C19H26N6O2.ClH/c1-14-18(22-23-25(14)16-8-10-20-11-9-16)19(27)21-12-17(26)24(2)13-15-6-4-3-5-7-15;/h3-7,16,20H,8-13H2,1-2H3,(H,21,27);1H. The lowest BCUT2D eigenvalue weighted by Crippen LogP contribution is -2.38. The summed E-state index contributed by atoms with van der Waals surface area (Å²) in [6, 6.07) is 9.99. The Morgan fingerprint density at radius 1 is 1.25 bits per heavy atom. The summed E-state index contributed by atoms with van der Waals surface area (Å²) >= 11 is 0. The molecule has 0 spiro atoms. The van der Waals surface area contributed by atoms with Crippen molar-refractivity contribution in [2.24, 2.45) is 0 Å². The minimum absolute atomic E-state index is 0. The molecule has 9 heteroatoms. The fraction of sp³-hybridized carbons (Fsp3) is 0.474. The third kappa shape index (κ3) is 5.30. The SMILES string of the molecule is Cc1c(C(=O)NCC(=O)N(C)Cc2ccccc2)nnn1C1CCNCC1.Cl. The zero-order valence-electron chi connectivity index (χ0n) is 16.2. The highest BCUT2D eigenvalue weighted by Crippen LogP contribution is 2.20. The summed E-state index contributed by atoms with van der Waals surface area (Å²) in [7, 11) is 1.72. The molecule has 2 amide bonds. The predicted octanol–water partition coefficient (Wildman–Crippen LogP) is 1.32. The first-order valence-corrected chi connectivity index (χ1v) is 9.25. The van der Waals surface area contributed by atoms with Gasteiger partial charge in [-0.1, -0.05) is 35.5 Å². The van der Waals surface area contributed by atoms with Crippen molar-refractivity contribution in [2.45, 2.75) is 32.4 Å². The number of benzene rings is 1. The number of piperidine rings is 1. The van der Waals surface area contributed by atoms with Crippen molar-refractivity contribution in [3.63, 3.8) is 0 Å². The van der Waals surface area contributed by atoms with Crippen LogP contribution in [-0.4, -0.2) is 58.4 Å². The lowest BCUT2D eigenvalue weighted by Gasteiger charge is -2.23. The molecule has 0 radical (unpaired) electrons. The van der Waals surface area contributed by atoms with Gasteiger partial charge in [-0.3, -0.25) is 9.59 Å². The smallest absolute Gasteiger partial charge is 0.274 e. The highest BCUT2D eigenvalue weighted by atomic mass is 35.5. The number of aromatic nitrogens is 3. The first kappa shape index (κ1) is 21.8. The quantitative estimate of drug-likeness (QED) is 0.754. The molecule has 2 N–H and O–H groups in total. The monoisotopic (exact) mass is 406 g/mol. The molecule has 28 heavy (non-hydrogen) atoms. The first-order valence-electron chi connectivity index (χ1n) is 9.25. The van der Waals surface area contributed by atoms with Crippen LogP contribution in [0.3, 0.4) is 0 Å². The van der Waals surface area contributed by atoms with Gasteiger partial charge in [0.05, 0.1) is 18.3 Å². The summed E-state index contributed by atoms with van der Waals surface area (Å²) < 4.78 is 1.83. The fourth-order valence-corrected chi connectivity index (χ4v) is 3.27. The van der Waals surface area contributed by atoms with E-state index in [2.05, 4.69) is 20.9 Å². The average molecular weight is 407 g/mol. The van der Waals surface area contributed by atoms with E-state index in [1.807, 2.05) is 41.9 Å². The van der Waals surface area contributed by atoms with E-state index in [1.54, 1.807) is 11.9 Å². The number of hydrogen-bond acceptors (Lipinski definition) is 5. The molecule has 1 aliphatic heterocycles. The molecule has 1 saturated heterocycles. The van der Waals surface area contributed by atoms with Crippen LogP contribution >= 0.6 is 12.4 Å². The van der Waals surface area contributed by atoms with Crippen LogP contribution in [0, 0.1) is 6.92 Å². The largest absolute Gasteiger partial charge is 0.342 e. The van der Waals surface area contributed by atoms with Gasteiger partial charge in [0.15, 0.2) is 5.69 Å². The molecule has 2 heterocycles. The Hall–Kier alpha value is -2.45. The van der Waals surface area contributed by atoms with Crippen molar-refractivity contribution >= 4 is 24.2 Å². The van der Waals surface area contributed by atoms with E-state index in [4.69, 9.17) is 0 Å². The van der Waals surface area contributed by atoms with Crippen molar-refractivity contribution < 1.29 is 9.59 Å². The summed E-state index contributed by atoms with van der Waals surface area (Å²) in [6.07, 6.45) is 1.93. The number of carbonyl (C=O) groups is 2. The number of rotatable bonds is 6. The highest BCUT2D eigenvalue weighted by Gasteiger charge is 2.23. The number of likely N-dealkylation sites (N-methyl/N-ethyl adjacent to an activating group) is 1. The van der Waals surface area contributed by atoms with Gasteiger partial charge >= 0.3 is 0 Å². The van der Waals surface area contributed by atoms with Crippen LogP contribution in [0.5, 0.6) is 0 Å². The molecule has 0 unspecified atom stereocenters. The second-order valence-electron chi connectivity index (χ2n) is 6.87. The molecule has 0 aliphatic carbocycles. The van der Waals surface area contributed by atoms with Crippen LogP contribution in [0.1, 0.15) is 40.6 Å². The molecule has 1 aliphatic rings. The molecule has 2 aromatic rings. The lowest BCUT2D eigenvalue weighted by atomic mass is 10.1. The molecule has 8 nitrogen and oxygen atoms in total. The van der Waals surface area contributed by atoms with Gasteiger partial charge in [0.25, 0.3) is 5.91 Å². The maximum Gasteiger partial charge on any atom is 0.274 e. The summed E-state index contributed by atoms with van der Waals surface area (Å²) in [5.74, 6) is -0.523. The Bertz CT molecular complexity index is 789. The van der Waals surface area contributed by atoms with Gasteiger partial charge in [-0.15, -0.1) is 17.5 Å². The number of carbonyl (C=O) groups excluding carboxylic acids is 2. The molecule has 0 atom stereocenters. The molecular weight excluding hydrogens is 380 g/mol. The van der Waals surface area contributed by atoms with Gasteiger partial charge in [0, 0.05) is 13.6 Å². The minimum Gasteiger partial charge on any atom is -0.342 e. The zero-order valence-corrected chi connectivity index (χ0v) is 17.0. The number of hydrogen-bond donors (Lipinski definition) is 2. The number of amides is 2. The second kappa shape index (κ2) is 10.2. The average Bonchev–Trinajstić information content (AvgIpc) is 3.08. The van der Waals surface area contributed by atoms with E-state index in [9.17, 15) is 9.59 Å². The molecule has 1 aromatic heterocycles. The third-order valence-electron chi connectivity index (χ3n) is 4.89. The Morgan fingerprint density at radius 2 is 1.93 bits per heavy atom. The molecule has 1 fully saturated rings. The van der Waals surface area contributed by atoms with Gasteiger partial charge < -0.3 is 15.5 Å². The normalized spacial score (nSPS) is 14.2. The van der Waals surface area contributed by atoms with E-state index in [0.717, 1.165) is 37.2 Å². The molecule has 1 aromatic carbocycles. The van der Waals surface area contributed by atoms with E-state index in [1.165, 1.54) is 0 Å². The fourth-order valence-electron chi connectivity index (χ4n) is 3.27. The first-order chi connectivity index (χ1) is 13.1. The van der Waals surface area contributed by atoms with Crippen molar-refractivity contribution in [3.8, 4) is 0 Å². The Balaban J connectivity index is 0.00000280. The Kier molecular flexibility index (Phi) is 7.95. The second-order valence-corrected chi connectivity index (χ2v) is 6.87.